The summed E-state index contributed by atoms with van der Waals surface area (Å²) in [5.74, 6) is 2.55. The molecule has 0 aromatic carbocycles. The van der Waals surface area contributed by atoms with Crippen molar-refractivity contribution >= 4 is 5.95 Å². The molecule has 0 aliphatic heterocycles. The molecule has 1 aromatic rings. The Kier molecular flexibility index (Phi) is 3.39. The Morgan fingerprint density at radius 3 is 2.56 bits per heavy atom. The standard InChI is InChI=1S/C12H20N4/c1-9-4-11(9)8-16(3)12-14-6-10(5-13-2)7-15-12/h6-7,9,11,13H,4-5,8H2,1-3H3. The average molecular weight is 220 g/mol. The van der Waals surface area contributed by atoms with Gasteiger partial charge in [0.2, 0.25) is 5.95 Å². The number of aromatic nitrogens is 2. The van der Waals surface area contributed by atoms with Crippen LogP contribution in [0.4, 0.5) is 5.95 Å². The van der Waals surface area contributed by atoms with Crippen LogP contribution in [0.25, 0.3) is 0 Å². The minimum absolute atomic E-state index is 0.823. The van der Waals surface area contributed by atoms with Crippen LogP contribution in [0.15, 0.2) is 12.4 Å². The quantitative estimate of drug-likeness (QED) is 0.812. The van der Waals surface area contributed by atoms with E-state index in [-0.39, 0.29) is 0 Å². The minimum atomic E-state index is 0.823. The molecule has 0 saturated heterocycles. The first-order valence-electron chi connectivity index (χ1n) is 5.87. The zero-order valence-electron chi connectivity index (χ0n) is 10.3. The van der Waals surface area contributed by atoms with Crippen LogP contribution in [-0.2, 0) is 6.54 Å². The van der Waals surface area contributed by atoms with E-state index in [4.69, 9.17) is 0 Å². The van der Waals surface area contributed by atoms with Gasteiger partial charge < -0.3 is 10.2 Å². The predicted octanol–water partition coefficient (Wildman–Crippen LogP) is 1.29. The fraction of sp³-hybridized carbons (Fsp3) is 0.667. The Morgan fingerprint density at radius 1 is 1.44 bits per heavy atom. The molecule has 1 saturated carbocycles. The van der Waals surface area contributed by atoms with Crippen LogP contribution in [0.5, 0.6) is 0 Å². The molecule has 1 aliphatic rings. The van der Waals surface area contributed by atoms with Crippen molar-refractivity contribution in [2.75, 3.05) is 25.5 Å². The third kappa shape index (κ3) is 2.70. The second kappa shape index (κ2) is 4.78. The van der Waals surface area contributed by atoms with Gasteiger partial charge in [-0.1, -0.05) is 6.92 Å². The maximum atomic E-state index is 4.38. The Bertz CT molecular complexity index is 335. The number of nitrogens with zero attached hydrogens (tertiary/aromatic N) is 3. The van der Waals surface area contributed by atoms with Gasteiger partial charge in [0.05, 0.1) is 0 Å². The molecular formula is C12H20N4. The number of hydrogen-bond donors (Lipinski definition) is 1. The number of anilines is 1. The van der Waals surface area contributed by atoms with Crippen LogP contribution in [0.3, 0.4) is 0 Å². The topological polar surface area (TPSA) is 41.1 Å². The van der Waals surface area contributed by atoms with Crippen LogP contribution in [-0.4, -0.2) is 30.6 Å². The van der Waals surface area contributed by atoms with Crippen molar-refractivity contribution in [1.82, 2.24) is 15.3 Å². The molecule has 1 fully saturated rings. The largest absolute Gasteiger partial charge is 0.344 e. The molecule has 88 valence electrons. The molecule has 4 heteroatoms. The van der Waals surface area contributed by atoms with E-state index in [1.54, 1.807) is 0 Å². The van der Waals surface area contributed by atoms with Crippen LogP contribution >= 0.6 is 0 Å². The van der Waals surface area contributed by atoms with Crippen molar-refractivity contribution in [3.05, 3.63) is 18.0 Å². The van der Waals surface area contributed by atoms with Gasteiger partial charge in [-0.15, -0.1) is 0 Å². The molecule has 0 amide bonds. The molecule has 2 rings (SSSR count). The summed E-state index contributed by atoms with van der Waals surface area (Å²) in [5, 5.41) is 3.09. The second-order valence-electron chi connectivity index (χ2n) is 4.78. The molecule has 1 aromatic heterocycles. The van der Waals surface area contributed by atoms with E-state index in [2.05, 4.69) is 34.2 Å². The lowest BCUT2D eigenvalue weighted by Gasteiger charge is -2.16. The maximum absolute atomic E-state index is 4.38. The summed E-state index contributed by atoms with van der Waals surface area (Å²) in [4.78, 5) is 10.9. The van der Waals surface area contributed by atoms with Crippen molar-refractivity contribution in [2.45, 2.75) is 19.9 Å². The first-order chi connectivity index (χ1) is 7.70. The SMILES string of the molecule is CNCc1cnc(N(C)CC2CC2C)nc1. The van der Waals surface area contributed by atoms with Crippen LogP contribution in [0.1, 0.15) is 18.9 Å². The van der Waals surface area contributed by atoms with Gasteiger partial charge in [-0.3, -0.25) is 0 Å². The van der Waals surface area contributed by atoms with Gasteiger partial charge in [-0.25, -0.2) is 9.97 Å². The summed E-state index contributed by atoms with van der Waals surface area (Å²) in [6.45, 7) is 4.20. The van der Waals surface area contributed by atoms with Gasteiger partial charge in [0.15, 0.2) is 0 Å². The summed E-state index contributed by atoms with van der Waals surface area (Å²) in [7, 11) is 3.99. The normalized spacial score (nSPS) is 23.2. The molecular weight excluding hydrogens is 200 g/mol. The van der Waals surface area contributed by atoms with Gasteiger partial charge in [-0.2, -0.15) is 0 Å². The van der Waals surface area contributed by atoms with Crippen molar-refractivity contribution in [1.29, 1.82) is 0 Å². The van der Waals surface area contributed by atoms with Crippen LogP contribution in [0, 0.1) is 11.8 Å². The summed E-state index contributed by atoms with van der Waals surface area (Å²) >= 11 is 0. The maximum Gasteiger partial charge on any atom is 0.225 e. The van der Waals surface area contributed by atoms with Crippen molar-refractivity contribution < 1.29 is 0 Å². The summed E-state index contributed by atoms with van der Waals surface area (Å²) in [6, 6.07) is 0. The van der Waals surface area contributed by atoms with E-state index in [1.807, 2.05) is 19.4 Å². The molecule has 0 spiro atoms. The zero-order valence-corrected chi connectivity index (χ0v) is 10.3. The first-order valence-corrected chi connectivity index (χ1v) is 5.87. The van der Waals surface area contributed by atoms with E-state index in [1.165, 1.54) is 6.42 Å². The Hall–Kier alpha value is -1.16. The van der Waals surface area contributed by atoms with Crippen LogP contribution in [0.2, 0.25) is 0 Å². The lowest BCUT2D eigenvalue weighted by molar-refractivity contribution is 0.709. The van der Waals surface area contributed by atoms with Gasteiger partial charge in [0.1, 0.15) is 0 Å². The lowest BCUT2D eigenvalue weighted by Crippen LogP contribution is -2.23. The highest BCUT2D eigenvalue weighted by molar-refractivity contribution is 5.29. The van der Waals surface area contributed by atoms with E-state index in [0.717, 1.165) is 36.4 Å². The molecule has 1 aliphatic carbocycles. The second-order valence-corrected chi connectivity index (χ2v) is 4.78. The molecule has 1 heterocycles. The molecule has 16 heavy (non-hydrogen) atoms. The molecule has 2 unspecified atom stereocenters. The highest BCUT2D eigenvalue weighted by atomic mass is 15.2. The fourth-order valence-corrected chi connectivity index (χ4v) is 1.93. The number of nitrogens with one attached hydrogen (secondary N) is 1. The van der Waals surface area contributed by atoms with Crippen molar-refractivity contribution in [2.24, 2.45) is 11.8 Å². The van der Waals surface area contributed by atoms with E-state index in [0.29, 0.717) is 0 Å². The third-order valence-electron chi connectivity index (χ3n) is 3.20. The van der Waals surface area contributed by atoms with E-state index in [9.17, 15) is 0 Å². The molecule has 2 atom stereocenters. The van der Waals surface area contributed by atoms with Crippen molar-refractivity contribution in [3.8, 4) is 0 Å². The smallest absolute Gasteiger partial charge is 0.225 e. The third-order valence-corrected chi connectivity index (χ3v) is 3.20. The fourth-order valence-electron chi connectivity index (χ4n) is 1.93. The Labute approximate surface area is 97.1 Å². The molecule has 0 bridgehead atoms. The van der Waals surface area contributed by atoms with E-state index >= 15 is 0 Å². The van der Waals surface area contributed by atoms with Crippen LogP contribution < -0.4 is 10.2 Å². The van der Waals surface area contributed by atoms with Gasteiger partial charge in [0.25, 0.3) is 0 Å². The Morgan fingerprint density at radius 2 is 2.06 bits per heavy atom. The molecule has 4 nitrogen and oxygen atoms in total. The van der Waals surface area contributed by atoms with Gasteiger partial charge in [0, 0.05) is 38.1 Å². The summed E-state index contributed by atoms with van der Waals surface area (Å²) in [5.41, 5.74) is 1.12. The lowest BCUT2D eigenvalue weighted by atomic mass is 10.3. The first kappa shape index (κ1) is 11.3. The van der Waals surface area contributed by atoms with E-state index < -0.39 is 0 Å². The molecule has 1 N–H and O–H groups in total. The number of hydrogen-bond acceptors (Lipinski definition) is 4. The van der Waals surface area contributed by atoms with Crippen molar-refractivity contribution in [3.63, 3.8) is 0 Å². The predicted molar refractivity (Wildman–Crippen MR) is 65.3 cm³/mol. The average Bonchev–Trinajstić information content (AvgIpc) is 2.95. The number of rotatable bonds is 5. The molecule has 0 radical (unpaired) electrons. The highest BCUT2D eigenvalue weighted by Crippen LogP contribution is 2.38. The minimum Gasteiger partial charge on any atom is -0.344 e. The van der Waals surface area contributed by atoms with Gasteiger partial charge >= 0.3 is 0 Å². The van der Waals surface area contributed by atoms with Gasteiger partial charge in [-0.05, 0) is 25.3 Å². The summed E-state index contributed by atoms with van der Waals surface area (Å²) in [6.07, 6.45) is 5.14. The highest BCUT2D eigenvalue weighted by Gasteiger charge is 2.33. The summed E-state index contributed by atoms with van der Waals surface area (Å²) < 4.78 is 0. The monoisotopic (exact) mass is 220 g/mol. The Balaban J connectivity index is 1.92. The zero-order chi connectivity index (χ0) is 11.5.